The van der Waals surface area contributed by atoms with Gasteiger partial charge in [-0.2, -0.15) is 0 Å². The van der Waals surface area contributed by atoms with E-state index in [0.717, 1.165) is 0 Å². The van der Waals surface area contributed by atoms with E-state index in [1.165, 1.54) is 12.3 Å². The maximum absolute atomic E-state index is 12.1. The number of nitrogens with one attached hydrogen (secondary N) is 1. The molecule has 1 rings (SSSR count). The molecule has 1 fully saturated rings. The van der Waals surface area contributed by atoms with Crippen LogP contribution in [0.4, 0.5) is 0 Å². The fourth-order valence-electron chi connectivity index (χ4n) is 1.78. The lowest BCUT2D eigenvalue weighted by Crippen LogP contribution is -2.55. The van der Waals surface area contributed by atoms with Gasteiger partial charge in [0.15, 0.2) is 5.79 Å². The summed E-state index contributed by atoms with van der Waals surface area (Å²) in [6.45, 7) is 9.73. The molecule has 1 saturated heterocycles. The molecule has 114 valence electrons. The van der Waals surface area contributed by atoms with Crippen molar-refractivity contribution in [1.29, 1.82) is 0 Å². The van der Waals surface area contributed by atoms with Crippen LogP contribution in [0.3, 0.4) is 0 Å². The van der Waals surface area contributed by atoms with Crippen molar-refractivity contribution in [1.82, 2.24) is 5.32 Å². The molecule has 0 aromatic carbocycles. The molecular weight excluding hydrogens is 262 g/mol. The first kappa shape index (κ1) is 16.7. The van der Waals surface area contributed by atoms with Crippen molar-refractivity contribution in [3.63, 3.8) is 0 Å². The van der Waals surface area contributed by atoms with E-state index >= 15 is 0 Å². The molecule has 1 N–H and O–H groups in total. The van der Waals surface area contributed by atoms with Crippen molar-refractivity contribution in [3.8, 4) is 0 Å². The largest absolute Gasteiger partial charge is 0.463 e. The van der Waals surface area contributed by atoms with E-state index in [0.29, 0.717) is 13.2 Å². The average molecular weight is 285 g/mol. The van der Waals surface area contributed by atoms with Gasteiger partial charge in [-0.1, -0.05) is 13.8 Å². The Morgan fingerprint density at radius 3 is 2.60 bits per heavy atom. The van der Waals surface area contributed by atoms with Gasteiger partial charge in [0.1, 0.15) is 6.10 Å². The highest BCUT2D eigenvalue weighted by molar-refractivity contribution is 5.85. The van der Waals surface area contributed by atoms with Crippen LogP contribution >= 0.6 is 0 Å². The summed E-state index contributed by atoms with van der Waals surface area (Å²) in [4.78, 5) is 23.3. The maximum Gasteiger partial charge on any atom is 0.332 e. The van der Waals surface area contributed by atoms with Crippen LogP contribution in [0.2, 0.25) is 0 Å². The molecule has 1 atom stereocenters. The first-order valence-electron chi connectivity index (χ1n) is 6.63. The molecule has 0 aromatic rings. The van der Waals surface area contributed by atoms with E-state index in [-0.39, 0.29) is 5.91 Å². The van der Waals surface area contributed by atoms with Crippen molar-refractivity contribution in [3.05, 3.63) is 12.3 Å². The Labute approximate surface area is 119 Å². The van der Waals surface area contributed by atoms with Crippen LogP contribution in [-0.2, 0) is 23.8 Å². The lowest BCUT2D eigenvalue weighted by Gasteiger charge is -2.44. The summed E-state index contributed by atoms with van der Waals surface area (Å²) >= 11 is 0. The van der Waals surface area contributed by atoms with E-state index < -0.39 is 23.3 Å². The van der Waals surface area contributed by atoms with Crippen LogP contribution in [0, 0.1) is 5.41 Å². The molecule has 0 bridgehead atoms. The van der Waals surface area contributed by atoms with Gasteiger partial charge < -0.3 is 19.5 Å². The zero-order valence-electron chi connectivity index (χ0n) is 12.7. The van der Waals surface area contributed by atoms with Gasteiger partial charge in [-0.3, -0.25) is 4.79 Å². The molecule has 1 heterocycles. The molecule has 6 nitrogen and oxygen atoms in total. The summed E-state index contributed by atoms with van der Waals surface area (Å²) in [5, 5.41) is 2.53. The van der Waals surface area contributed by atoms with Crippen molar-refractivity contribution >= 4 is 11.9 Å². The van der Waals surface area contributed by atoms with Gasteiger partial charge >= 0.3 is 5.97 Å². The quantitative estimate of drug-likeness (QED) is 0.623. The second kappa shape index (κ2) is 6.37. The van der Waals surface area contributed by atoms with Crippen LogP contribution in [-0.4, -0.2) is 37.0 Å². The Kier molecular flexibility index (Phi) is 5.30. The minimum absolute atomic E-state index is 0.293. The Morgan fingerprint density at radius 2 is 2.00 bits per heavy atom. The van der Waals surface area contributed by atoms with E-state index in [1.54, 1.807) is 20.8 Å². The number of carbonyl (C=O) groups excluding carboxylic acids is 2. The molecule has 1 amide bonds. The zero-order valence-corrected chi connectivity index (χ0v) is 12.7. The summed E-state index contributed by atoms with van der Waals surface area (Å²) in [6, 6.07) is 0. The predicted molar refractivity (Wildman–Crippen MR) is 72.6 cm³/mol. The molecule has 0 aromatic heterocycles. The van der Waals surface area contributed by atoms with E-state index in [4.69, 9.17) is 14.2 Å². The van der Waals surface area contributed by atoms with Crippen LogP contribution < -0.4 is 5.32 Å². The molecule has 0 spiro atoms. The van der Waals surface area contributed by atoms with Gasteiger partial charge in [-0.05, 0) is 20.8 Å². The van der Waals surface area contributed by atoms with Gasteiger partial charge in [0.05, 0.1) is 13.2 Å². The van der Waals surface area contributed by atoms with E-state index in [9.17, 15) is 9.59 Å². The minimum Gasteiger partial charge on any atom is -0.463 e. The second-order valence-electron chi connectivity index (χ2n) is 5.77. The monoisotopic (exact) mass is 285 g/mol. The number of ether oxygens (including phenoxy) is 3. The smallest absolute Gasteiger partial charge is 0.332 e. The number of hydrogen-bond donors (Lipinski definition) is 1. The Morgan fingerprint density at radius 1 is 1.35 bits per heavy atom. The molecule has 1 aliphatic heterocycles. The van der Waals surface area contributed by atoms with Crippen LogP contribution in [0.5, 0.6) is 0 Å². The number of amides is 1. The van der Waals surface area contributed by atoms with E-state index in [2.05, 4.69) is 5.32 Å². The summed E-state index contributed by atoms with van der Waals surface area (Å²) in [5.74, 6) is -1.62. The molecule has 0 aliphatic carbocycles. The van der Waals surface area contributed by atoms with Gasteiger partial charge in [0.25, 0.3) is 5.91 Å². The molecule has 1 aliphatic rings. The van der Waals surface area contributed by atoms with Gasteiger partial charge in [-0.15, -0.1) is 0 Å². The lowest BCUT2D eigenvalue weighted by atomic mass is 9.85. The fraction of sp³-hybridized carbons (Fsp3) is 0.714. The van der Waals surface area contributed by atoms with Crippen molar-refractivity contribution in [2.45, 2.75) is 46.5 Å². The number of hydrogen-bond acceptors (Lipinski definition) is 5. The molecule has 0 radical (unpaired) electrons. The normalized spacial score (nSPS) is 24.4. The third-order valence-electron chi connectivity index (χ3n) is 2.87. The van der Waals surface area contributed by atoms with Crippen LogP contribution in [0.15, 0.2) is 12.3 Å². The SMILES string of the molecule is CCOC(=O)/C=C/NC(=O)C1OC(C)(C)OCC1(C)C. The van der Waals surface area contributed by atoms with Crippen molar-refractivity contribution in [2.75, 3.05) is 13.2 Å². The molecule has 0 saturated carbocycles. The Hall–Kier alpha value is -1.40. The summed E-state index contributed by atoms with van der Waals surface area (Å²) in [6.07, 6.45) is 1.78. The van der Waals surface area contributed by atoms with Crippen LogP contribution in [0.25, 0.3) is 0 Å². The van der Waals surface area contributed by atoms with Crippen molar-refractivity contribution in [2.24, 2.45) is 5.41 Å². The Balaban J connectivity index is 2.63. The Bertz CT molecular complexity index is 400. The number of carbonyl (C=O) groups is 2. The van der Waals surface area contributed by atoms with Gasteiger partial charge in [-0.25, -0.2) is 4.79 Å². The standard InChI is InChI=1S/C14H23NO5/c1-6-18-10(16)7-8-15-12(17)11-13(2,3)9-19-14(4,5)20-11/h7-8,11H,6,9H2,1-5H3,(H,15,17)/b8-7+. The van der Waals surface area contributed by atoms with Gasteiger partial charge in [0.2, 0.25) is 0 Å². The highest BCUT2D eigenvalue weighted by Gasteiger charge is 2.45. The summed E-state index contributed by atoms with van der Waals surface area (Å²) in [5.41, 5.74) is -0.447. The van der Waals surface area contributed by atoms with Gasteiger partial charge in [0, 0.05) is 17.7 Å². The fourth-order valence-corrected chi connectivity index (χ4v) is 1.78. The third-order valence-corrected chi connectivity index (χ3v) is 2.87. The zero-order chi connectivity index (χ0) is 15.4. The maximum atomic E-state index is 12.1. The highest BCUT2D eigenvalue weighted by Crippen LogP contribution is 2.34. The highest BCUT2D eigenvalue weighted by atomic mass is 16.7. The molecule has 20 heavy (non-hydrogen) atoms. The first-order chi connectivity index (χ1) is 9.18. The molecule has 1 unspecified atom stereocenters. The van der Waals surface area contributed by atoms with Crippen molar-refractivity contribution < 1.29 is 23.8 Å². The summed E-state index contributed by atoms with van der Waals surface area (Å²) in [7, 11) is 0. The molecular formula is C14H23NO5. The second-order valence-corrected chi connectivity index (χ2v) is 5.77. The van der Waals surface area contributed by atoms with Crippen LogP contribution in [0.1, 0.15) is 34.6 Å². The van der Waals surface area contributed by atoms with E-state index in [1.807, 2.05) is 13.8 Å². The number of esters is 1. The topological polar surface area (TPSA) is 73.9 Å². The third kappa shape index (κ3) is 4.61. The average Bonchev–Trinajstić information content (AvgIpc) is 2.33. The molecule has 6 heteroatoms. The minimum atomic E-state index is -0.803. The summed E-state index contributed by atoms with van der Waals surface area (Å²) < 4.78 is 15.9. The number of rotatable bonds is 4. The first-order valence-corrected chi connectivity index (χ1v) is 6.63. The lowest BCUT2D eigenvalue weighted by molar-refractivity contribution is -0.303. The predicted octanol–water partition coefficient (Wildman–Crippen LogP) is 1.36.